The Morgan fingerprint density at radius 3 is 2.62 bits per heavy atom. The first kappa shape index (κ1) is 21.8. The maximum Gasteiger partial charge on any atom is 0.335 e. The van der Waals surface area contributed by atoms with E-state index in [0.717, 1.165) is 4.90 Å². The van der Waals surface area contributed by atoms with Gasteiger partial charge in [0.25, 0.3) is 11.6 Å². The van der Waals surface area contributed by atoms with E-state index in [9.17, 15) is 24.5 Å². The van der Waals surface area contributed by atoms with Crippen molar-refractivity contribution in [1.82, 2.24) is 5.32 Å². The number of nitro benzene ring substituents is 1. The summed E-state index contributed by atoms with van der Waals surface area (Å²) >= 11 is 6.07. The van der Waals surface area contributed by atoms with Crippen molar-refractivity contribution in [3.8, 4) is 0 Å². The molecule has 1 spiro atoms. The van der Waals surface area contributed by atoms with Gasteiger partial charge >= 0.3 is 6.03 Å². The molecular formula is C22H21ClN4O5. The molecule has 4 rings (SSSR count). The number of carbonyl (C=O) groups is 3. The van der Waals surface area contributed by atoms with Gasteiger partial charge in [0, 0.05) is 36.3 Å². The highest BCUT2D eigenvalue weighted by molar-refractivity contribution is 6.33. The fraction of sp³-hybridized carbons (Fsp3) is 0.318. The van der Waals surface area contributed by atoms with Crippen LogP contribution in [0.5, 0.6) is 0 Å². The largest absolute Gasteiger partial charge is 0.370 e. The lowest BCUT2D eigenvalue weighted by atomic mass is 9.67. The number of urea groups is 1. The molecule has 166 valence electrons. The maximum atomic E-state index is 13.9. The highest BCUT2D eigenvalue weighted by atomic mass is 35.5. The van der Waals surface area contributed by atoms with Gasteiger partial charge in [-0.15, -0.1) is 0 Å². The van der Waals surface area contributed by atoms with Gasteiger partial charge in [-0.25, -0.2) is 9.69 Å². The molecule has 2 aromatic rings. The van der Waals surface area contributed by atoms with Crippen molar-refractivity contribution in [3.05, 3.63) is 63.2 Å². The van der Waals surface area contributed by atoms with Gasteiger partial charge in [-0.3, -0.25) is 25.0 Å². The smallest absolute Gasteiger partial charge is 0.335 e. The summed E-state index contributed by atoms with van der Waals surface area (Å²) < 4.78 is 0. The van der Waals surface area contributed by atoms with E-state index in [4.69, 9.17) is 11.6 Å². The molecule has 0 saturated carbocycles. The third kappa shape index (κ3) is 3.20. The Kier molecular flexibility index (Phi) is 5.37. The van der Waals surface area contributed by atoms with Crippen molar-refractivity contribution in [2.45, 2.75) is 32.2 Å². The summed E-state index contributed by atoms with van der Waals surface area (Å²) in [4.78, 5) is 53.5. The number of benzene rings is 2. The molecule has 0 aromatic heterocycles. The number of hydrogen-bond acceptors (Lipinski definition) is 6. The zero-order valence-electron chi connectivity index (χ0n) is 17.5. The van der Waals surface area contributed by atoms with Crippen LogP contribution in [0, 0.1) is 15.5 Å². The second-order valence-corrected chi connectivity index (χ2v) is 8.45. The van der Waals surface area contributed by atoms with Crippen molar-refractivity contribution in [3.63, 3.8) is 0 Å². The summed E-state index contributed by atoms with van der Waals surface area (Å²) in [5.74, 6) is -1.37. The van der Waals surface area contributed by atoms with Gasteiger partial charge in [0.1, 0.15) is 0 Å². The molecule has 0 bridgehead atoms. The molecule has 0 aliphatic carbocycles. The fourth-order valence-corrected chi connectivity index (χ4v) is 4.94. The minimum atomic E-state index is -1.64. The summed E-state index contributed by atoms with van der Waals surface area (Å²) in [5, 5.41) is 14.0. The van der Waals surface area contributed by atoms with Gasteiger partial charge in [-0.05, 0) is 36.2 Å². The second-order valence-electron chi connectivity index (χ2n) is 8.01. The third-order valence-corrected chi connectivity index (χ3v) is 6.44. The number of hydrogen-bond donors (Lipinski definition) is 1. The molecular weight excluding hydrogens is 436 g/mol. The first-order valence-electron chi connectivity index (χ1n) is 10.2. The number of rotatable bonds is 4. The number of non-ortho nitro benzene ring substituents is 1. The number of nitrogens with one attached hydrogen (secondary N) is 1. The molecule has 10 heteroatoms. The Morgan fingerprint density at radius 2 is 1.97 bits per heavy atom. The molecule has 2 heterocycles. The van der Waals surface area contributed by atoms with E-state index in [-0.39, 0.29) is 17.8 Å². The molecule has 0 unspecified atom stereocenters. The van der Waals surface area contributed by atoms with Crippen molar-refractivity contribution in [2.75, 3.05) is 16.8 Å². The van der Waals surface area contributed by atoms with Crippen LogP contribution >= 0.6 is 11.6 Å². The lowest BCUT2D eigenvalue weighted by molar-refractivity contribution is -0.384. The molecule has 9 nitrogen and oxygen atoms in total. The first-order chi connectivity index (χ1) is 15.2. The number of anilines is 2. The van der Waals surface area contributed by atoms with E-state index in [2.05, 4.69) is 5.32 Å². The summed E-state index contributed by atoms with van der Waals surface area (Å²) in [6, 6.07) is 9.28. The quantitative estimate of drug-likeness (QED) is 0.426. The minimum absolute atomic E-state index is 0.0615. The van der Waals surface area contributed by atoms with Crippen LogP contribution in [0.15, 0.2) is 42.5 Å². The summed E-state index contributed by atoms with van der Waals surface area (Å²) in [6.07, 6.45) is 1.13. The molecule has 1 saturated heterocycles. The Balaban J connectivity index is 1.90. The number of imide groups is 2. The van der Waals surface area contributed by atoms with Crippen LogP contribution in [0.4, 0.5) is 21.9 Å². The van der Waals surface area contributed by atoms with Crippen LogP contribution in [0.3, 0.4) is 0 Å². The SMILES string of the molecule is CCC[C@H]1N(C)c2ccc([N+](=O)[O-])cc2C[C@@]12C(=O)NC(=O)N(c1cccc(Cl)c1)C2=O. The molecule has 1 fully saturated rings. The molecule has 2 aliphatic heterocycles. The topological polar surface area (TPSA) is 113 Å². The maximum absolute atomic E-state index is 13.9. The van der Waals surface area contributed by atoms with Crippen LogP contribution in [-0.4, -0.2) is 35.9 Å². The van der Waals surface area contributed by atoms with E-state index in [0.29, 0.717) is 29.1 Å². The van der Waals surface area contributed by atoms with Gasteiger partial charge in [0.15, 0.2) is 5.41 Å². The summed E-state index contributed by atoms with van der Waals surface area (Å²) in [7, 11) is 1.76. The molecule has 32 heavy (non-hydrogen) atoms. The van der Waals surface area contributed by atoms with Crippen molar-refractivity contribution in [2.24, 2.45) is 5.41 Å². The van der Waals surface area contributed by atoms with Crippen molar-refractivity contribution < 1.29 is 19.3 Å². The highest BCUT2D eigenvalue weighted by Gasteiger charge is 2.61. The molecule has 2 atom stereocenters. The molecule has 0 radical (unpaired) electrons. The van der Waals surface area contributed by atoms with Crippen LogP contribution in [0.25, 0.3) is 0 Å². The standard InChI is InChI=1S/C22H21ClN4O5/c1-3-5-18-22(12-13-10-16(27(31)32)8-9-17(13)25(18)2)19(28)24-21(30)26(20(22)29)15-7-4-6-14(23)11-15/h4,6-11,18H,3,5,12H2,1-2H3,(H,24,28,30)/t18-,22+/m1/s1. The Labute approximate surface area is 189 Å². The average molecular weight is 457 g/mol. The number of amides is 4. The highest BCUT2D eigenvalue weighted by Crippen LogP contribution is 2.46. The number of halogens is 1. The third-order valence-electron chi connectivity index (χ3n) is 6.20. The number of nitrogens with zero attached hydrogens (tertiary/aromatic N) is 3. The van der Waals surface area contributed by atoms with Gasteiger partial charge in [-0.1, -0.05) is 31.0 Å². The van der Waals surface area contributed by atoms with Gasteiger partial charge in [-0.2, -0.15) is 0 Å². The van der Waals surface area contributed by atoms with Crippen LogP contribution in [0.2, 0.25) is 5.02 Å². The Morgan fingerprint density at radius 1 is 1.22 bits per heavy atom. The fourth-order valence-electron chi connectivity index (χ4n) is 4.75. The number of nitro groups is 1. The number of fused-ring (bicyclic) bond motifs is 1. The molecule has 2 aromatic carbocycles. The summed E-state index contributed by atoms with van der Waals surface area (Å²) in [6.45, 7) is 1.94. The van der Waals surface area contributed by atoms with E-state index in [1.807, 2.05) is 11.8 Å². The van der Waals surface area contributed by atoms with E-state index >= 15 is 0 Å². The normalized spacial score (nSPS) is 22.7. The molecule has 2 aliphatic rings. The zero-order valence-corrected chi connectivity index (χ0v) is 18.3. The predicted molar refractivity (Wildman–Crippen MR) is 119 cm³/mol. The van der Waals surface area contributed by atoms with E-state index in [1.165, 1.54) is 18.2 Å². The first-order valence-corrected chi connectivity index (χ1v) is 10.5. The Hall–Kier alpha value is -3.46. The lowest BCUT2D eigenvalue weighted by Gasteiger charge is -2.50. The van der Waals surface area contributed by atoms with Crippen LogP contribution in [-0.2, 0) is 16.0 Å². The van der Waals surface area contributed by atoms with Crippen LogP contribution in [0.1, 0.15) is 25.3 Å². The monoisotopic (exact) mass is 456 g/mol. The predicted octanol–water partition coefficient (Wildman–Crippen LogP) is 3.68. The zero-order chi connectivity index (χ0) is 23.2. The van der Waals surface area contributed by atoms with Crippen LogP contribution < -0.4 is 15.1 Å². The summed E-state index contributed by atoms with van der Waals surface area (Å²) in [5.41, 5.74) is -0.310. The second kappa shape index (κ2) is 7.90. The molecule has 1 N–H and O–H groups in total. The van der Waals surface area contributed by atoms with Crippen molar-refractivity contribution in [1.29, 1.82) is 0 Å². The average Bonchev–Trinajstić information content (AvgIpc) is 2.74. The molecule has 4 amide bonds. The van der Waals surface area contributed by atoms with Gasteiger partial charge in [0.2, 0.25) is 5.91 Å². The number of carbonyl (C=O) groups excluding carboxylic acids is 3. The van der Waals surface area contributed by atoms with Gasteiger partial charge < -0.3 is 4.90 Å². The lowest BCUT2D eigenvalue weighted by Crippen LogP contribution is -2.72. The van der Waals surface area contributed by atoms with Crippen molar-refractivity contribution >= 4 is 46.5 Å². The Bertz CT molecular complexity index is 1150. The minimum Gasteiger partial charge on any atom is -0.370 e. The van der Waals surface area contributed by atoms with E-state index < -0.39 is 34.2 Å². The number of barbiturate groups is 1. The van der Waals surface area contributed by atoms with Gasteiger partial charge in [0.05, 0.1) is 16.7 Å². The van der Waals surface area contributed by atoms with E-state index in [1.54, 1.807) is 31.3 Å².